The van der Waals surface area contributed by atoms with E-state index in [1.54, 1.807) is 6.92 Å². The standard InChI is InChI=1S/C13H18O4/c1-4-16-12(14)5-6-13(15)17-8-10(3)11-7-9(11)2/h5-6,10-11H,2,4,7-8H2,1,3H3/b6-5+. The Bertz CT molecular complexity index is 343. The maximum absolute atomic E-state index is 11.2. The molecule has 1 saturated carbocycles. The molecular weight excluding hydrogens is 220 g/mol. The fourth-order valence-corrected chi connectivity index (χ4v) is 1.53. The van der Waals surface area contributed by atoms with E-state index in [0.717, 1.165) is 18.6 Å². The minimum absolute atomic E-state index is 0.291. The molecule has 0 amide bonds. The molecule has 94 valence electrons. The van der Waals surface area contributed by atoms with Gasteiger partial charge in [0.15, 0.2) is 0 Å². The number of ether oxygens (including phenoxy) is 2. The summed E-state index contributed by atoms with van der Waals surface area (Å²) in [5, 5.41) is 0. The molecule has 0 spiro atoms. The maximum atomic E-state index is 11.2. The van der Waals surface area contributed by atoms with E-state index in [2.05, 4.69) is 11.3 Å². The van der Waals surface area contributed by atoms with Gasteiger partial charge in [-0.2, -0.15) is 0 Å². The highest BCUT2D eigenvalue weighted by molar-refractivity contribution is 5.91. The van der Waals surface area contributed by atoms with Crippen molar-refractivity contribution in [1.29, 1.82) is 0 Å². The third-order valence-electron chi connectivity index (χ3n) is 2.66. The molecule has 0 saturated heterocycles. The molecule has 1 aliphatic carbocycles. The summed E-state index contributed by atoms with van der Waals surface area (Å²) >= 11 is 0. The Kier molecular flexibility index (Phi) is 4.94. The number of carbonyl (C=O) groups is 2. The molecule has 1 aliphatic rings. The summed E-state index contributed by atoms with van der Waals surface area (Å²) < 4.78 is 9.64. The first-order chi connectivity index (χ1) is 8.04. The Balaban J connectivity index is 2.20. The largest absolute Gasteiger partial charge is 0.463 e. The number of hydrogen-bond donors (Lipinski definition) is 0. The van der Waals surface area contributed by atoms with Crippen molar-refractivity contribution in [2.24, 2.45) is 11.8 Å². The van der Waals surface area contributed by atoms with Gasteiger partial charge < -0.3 is 9.47 Å². The molecule has 0 aliphatic heterocycles. The van der Waals surface area contributed by atoms with Gasteiger partial charge in [-0.25, -0.2) is 9.59 Å². The summed E-state index contributed by atoms with van der Waals surface area (Å²) in [6.07, 6.45) is 3.19. The number of esters is 2. The van der Waals surface area contributed by atoms with E-state index >= 15 is 0 Å². The zero-order valence-corrected chi connectivity index (χ0v) is 10.3. The normalized spacial score (nSPS) is 20.1. The fraction of sp³-hybridized carbons (Fsp3) is 0.538. The molecule has 1 fully saturated rings. The lowest BCUT2D eigenvalue weighted by molar-refractivity contribution is -0.141. The number of carbonyl (C=O) groups excluding carboxylic acids is 2. The van der Waals surface area contributed by atoms with E-state index in [1.165, 1.54) is 5.57 Å². The lowest BCUT2D eigenvalue weighted by Crippen LogP contribution is -2.12. The number of hydrogen-bond acceptors (Lipinski definition) is 4. The first-order valence-corrected chi connectivity index (χ1v) is 5.73. The quantitative estimate of drug-likeness (QED) is 0.402. The van der Waals surface area contributed by atoms with Crippen LogP contribution < -0.4 is 0 Å². The summed E-state index contributed by atoms with van der Waals surface area (Å²) in [5.41, 5.74) is 1.22. The summed E-state index contributed by atoms with van der Waals surface area (Å²) in [4.78, 5) is 22.2. The topological polar surface area (TPSA) is 52.6 Å². The average molecular weight is 238 g/mol. The molecule has 1 rings (SSSR count). The lowest BCUT2D eigenvalue weighted by atomic mass is 10.1. The van der Waals surface area contributed by atoms with E-state index in [1.807, 2.05) is 6.92 Å². The van der Waals surface area contributed by atoms with Crippen molar-refractivity contribution in [1.82, 2.24) is 0 Å². The Morgan fingerprint density at radius 3 is 2.41 bits per heavy atom. The van der Waals surface area contributed by atoms with Crippen molar-refractivity contribution >= 4 is 11.9 Å². The predicted molar refractivity (Wildman–Crippen MR) is 63.1 cm³/mol. The van der Waals surface area contributed by atoms with E-state index in [4.69, 9.17) is 4.74 Å². The third kappa shape index (κ3) is 4.85. The van der Waals surface area contributed by atoms with Crippen LogP contribution in [0.2, 0.25) is 0 Å². The van der Waals surface area contributed by atoms with E-state index in [0.29, 0.717) is 25.0 Å². The highest BCUT2D eigenvalue weighted by atomic mass is 16.5. The molecule has 0 aromatic heterocycles. The van der Waals surface area contributed by atoms with E-state index in [-0.39, 0.29) is 0 Å². The molecule has 2 unspecified atom stereocenters. The molecule has 0 bridgehead atoms. The van der Waals surface area contributed by atoms with Gasteiger partial charge in [-0.05, 0) is 25.2 Å². The van der Waals surface area contributed by atoms with Gasteiger partial charge in [0.25, 0.3) is 0 Å². The highest BCUT2D eigenvalue weighted by Gasteiger charge is 2.33. The first-order valence-electron chi connectivity index (χ1n) is 5.73. The van der Waals surface area contributed by atoms with Crippen molar-refractivity contribution < 1.29 is 19.1 Å². The summed E-state index contributed by atoms with van der Waals surface area (Å²) in [5.74, 6) is -0.275. The van der Waals surface area contributed by atoms with Crippen LogP contribution in [-0.2, 0) is 19.1 Å². The summed E-state index contributed by atoms with van der Waals surface area (Å²) in [6, 6.07) is 0. The van der Waals surface area contributed by atoms with Crippen LogP contribution in [0.5, 0.6) is 0 Å². The van der Waals surface area contributed by atoms with E-state index in [9.17, 15) is 9.59 Å². The van der Waals surface area contributed by atoms with Crippen molar-refractivity contribution in [3.8, 4) is 0 Å². The third-order valence-corrected chi connectivity index (χ3v) is 2.66. The second-order valence-electron chi connectivity index (χ2n) is 4.16. The average Bonchev–Trinajstić information content (AvgIpc) is 3.01. The Morgan fingerprint density at radius 2 is 1.94 bits per heavy atom. The van der Waals surface area contributed by atoms with E-state index < -0.39 is 11.9 Å². The van der Waals surface area contributed by atoms with Crippen LogP contribution in [0.25, 0.3) is 0 Å². The molecule has 0 radical (unpaired) electrons. The fourth-order valence-electron chi connectivity index (χ4n) is 1.53. The number of rotatable bonds is 6. The Labute approximate surface area is 101 Å². The zero-order valence-electron chi connectivity index (χ0n) is 10.3. The molecule has 0 heterocycles. The molecule has 4 nitrogen and oxygen atoms in total. The molecule has 0 aromatic carbocycles. The van der Waals surface area contributed by atoms with Crippen molar-refractivity contribution in [3.05, 3.63) is 24.3 Å². The smallest absolute Gasteiger partial charge is 0.331 e. The summed E-state index contributed by atoms with van der Waals surface area (Å²) in [7, 11) is 0. The van der Waals surface area contributed by atoms with Crippen LogP contribution >= 0.6 is 0 Å². The maximum Gasteiger partial charge on any atom is 0.331 e. The van der Waals surface area contributed by atoms with Gasteiger partial charge in [0.05, 0.1) is 13.2 Å². The molecule has 0 aromatic rings. The van der Waals surface area contributed by atoms with Crippen molar-refractivity contribution in [2.75, 3.05) is 13.2 Å². The van der Waals surface area contributed by atoms with Gasteiger partial charge in [0, 0.05) is 12.2 Å². The monoisotopic (exact) mass is 238 g/mol. The molecule has 0 N–H and O–H groups in total. The highest BCUT2D eigenvalue weighted by Crippen LogP contribution is 2.42. The van der Waals surface area contributed by atoms with Crippen LogP contribution in [0.15, 0.2) is 24.3 Å². The van der Waals surface area contributed by atoms with Crippen molar-refractivity contribution in [2.45, 2.75) is 20.3 Å². The van der Waals surface area contributed by atoms with Crippen LogP contribution in [0.4, 0.5) is 0 Å². The van der Waals surface area contributed by atoms with Crippen LogP contribution in [0.3, 0.4) is 0 Å². The minimum atomic E-state index is -0.534. The second-order valence-corrected chi connectivity index (χ2v) is 4.16. The predicted octanol–water partition coefficient (Wildman–Crippen LogP) is 1.86. The van der Waals surface area contributed by atoms with Crippen LogP contribution in [0.1, 0.15) is 20.3 Å². The van der Waals surface area contributed by atoms with Gasteiger partial charge in [0.1, 0.15) is 0 Å². The number of allylic oxidation sites excluding steroid dienone is 1. The minimum Gasteiger partial charge on any atom is -0.463 e. The van der Waals surface area contributed by atoms with Gasteiger partial charge in [-0.3, -0.25) is 0 Å². The SMILES string of the molecule is C=C1CC1C(C)COC(=O)/C=C/C(=O)OCC. The van der Waals surface area contributed by atoms with Gasteiger partial charge >= 0.3 is 11.9 Å². The van der Waals surface area contributed by atoms with Gasteiger partial charge in [-0.15, -0.1) is 0 Å². The second kappa shape index (κ2) is 6.23. The summed E-state index contributed by atoms with van der Waals surface area (Å²) in [6.45, 7) is 8.23. The Hall–Kier alpha value is -1.58. The molecular formula is C13H18O4. The Morgan fingerprint density at radius 1 is 1.41 bits per heavy atom. The molecule has 2 atom stereocenters. The van der Waals surface area contributed by atoms with Crippen molar-refractivity contribution in [3.63, 3.8) is 0 Å². The molecule has 17 heavy (non-hydrogen) atoms. The van der Waals surface area contributed by atoms with Crippen LogP contribution in [0, 0.1) is 11.8 Å². The van der Waals surface area contributed by atoms with Crippen LogP contribution in [-0.4, -0.2) is 25.2 Å². The molecule has 4 heteroatoms. The zero-order chi connectivity index (χ0) is 12.8. The van der Waals surface area contributed by atoms with Gasteiger partial charge in [0.2, 0.25) is 0 Å². The van der Waals surface area contributed by atoms with Gasteiger partial charge in [-0.1, -0.05) is 19.1 Å². The lowest BCUT2D eigenvalue weighted by Gasteiger charge is -2.08. The first kappa shape index (κ1) is 13.5.